The summed E-state index contributed by atoms with van der Waals surface area (Å²) < 4.78 is 20.3. The summed E-state index contributed by atoms with van der Waals surface area (Å²) in [5, 5.41) is 0. The molecule has 0 unspecified atom stereocenters. The van der Waals surface area contributed by atoms with Crippen LogP contribution < -0.4 is 4.74 Å². The van der Waals surface area contributed by atoms with Crippen molar-refractivity contribution in [3.63, 3.8) is 0 Å². The highest BCUT2D eigenvalue weighted by atomic mass is 19.1. The topological polar surface area (TPSA) is 52.1 Å². The second-order valence-corrected chi connectivity index (χ2v) is 11.3. The molecule has 1 fully saturated rings. The van der Waals surface area contributed by atoms with E-state index in [1.54, 1.807) is 6.07 Å². The zero-order chi connectivity index (χ0) is 27.0. The van der Waals surface area contributed by atoms with Crippen LogP contribution in [0.1, 0.15) is 129 Å². The molecular weight excluding hydrogens is 475 g/mol. The summed E-state index contributed by atoms with van der Waals surface area (Å²) in [7, 11) is 0. The lowest BCUT2D eigenvalue weighted by Gasteiger charge is -2.27. The summed E-state index contributed by atoms with van der Waals surface area (Å²) in [6.45, 7) is 4.48. The number of aromatic nitrogens is 2. The molecule has 2 aromatic rings. The van der Waals surface area contributed by atoms with Crippen molar-refractivity contribution in [3.8, 4) is 17.1 Å². The molecule has 4 nitrogen and oxygen atoms in total. The lowest BCUT2D eigenvalue weighted by molar-refractivity contribution is -0.140. The number of unbranched alkanes of at least 4 members (excludes halogenated alkanes) is 10. The van der Waals surface area contributed by atoms with E-state index in [2.05, 4.69) is 23.8 Å². The van der Waals surface area contributed by atoms with Crippen LogP contribution in [-0.2, 0) is 11.2 Å². The molecule has 0 spiro atoms. The third-order valence-electron chi connectivity index (χ3n) is 8.07. The molecule has 0 bridgehead atoms. The highest BCUT2D eigenvalue weighted by Gasteiger charge is 2.28. The fraction of sp³-hybridized carbons (Fsp3) is 0.667. The van der Waals surface area contributed by atoms with Gasteiger partial charge in [-0.3, -0.25) is 4.79 Å². The number of carbonyl (C=O) groups excluding carboxylic acids is 1. The molecule has 1 heterocycles. The molecule has 0 radical (unpaired) electrons. The van der Waals surface area contributed by atoms with Crippen LogP contribution in [0.25, 0.3) is 11.4 Å². The van der Waals surface area contributed by atoms with Gasteiger partial charge in [-0.05, 0) is 68.2 Å². The fourth-order valence-corrected chi connectivity index (χ4v) is 5.56. The van der Waals surface area contributed by atoms with Gasteiger partial charge in [0, 0.05) is 18.0 Å². The van der Waals surface area contributed by atoms with Gasteiger partial charge in [-0.2, -0.15) is 0 Å². The first kappa shape index (κ1) is 30.2. The Morgan fingerprint density at radius 2 is 1.45 bits per heavy atom. The lowest BCUT2D eigenvalue weighted by Crippen LogP contribution is -2.26. The molecule has 5 heteroatoms. The van der Waals surface area contributed by atoms with Crippen LogP contribution in [0.5, 0.6) is 5.75 Å². The number of ether oxygens (including phenoxy) is 1. The number of halogens is 1. The first-order chi connectivity index (χ1) is 18.6. The van der Waals surface area contributed by atoms with Crippen LogP contribution in [0, 0.1) is 17.7 Å². The summed E-state index contributed by atoms with van der Waals surface area (Å²) in [4.78, 5) is 21.6. The van der Waals surface area contributed by atoms with Gasteiger partial charge in [0.25, 0.3) is 0 Å². The fourth-order valence-electron chi connectivity index (χ4n) is 5.56. The third-order valence-corrected chi connectivity index (χ3v) is 8.07. The zero-order valence-corrected chi connectivity index (χ0v) is 23.9. The Kier molecular flexibility index (Phi) is 13.8. The molecule has 1 saturated carbocycles. The van der Waals surface area contributed by atoms with Gasteiger partial charge in [0.15, 0.2) is 17.4 Å². The van der Waals surface area contributed by atoms with E-state index in [1.807, 2.05) is 12.4 Å². The predicted molar refractivity (Wildman–Crippen MR) is 154 cm³/mol. The molecule has 0 amide bonds. The molecule has 1 aromatic heterocycles. The van der Waals surface area contributed by atoms with E-state index in [0.717, 1.165) is 50.0 Å². The highest BCUT2D eigenvalue weighted by molar-refractivity contribution is 5.75. The van der Waals surface area contributed by atoms with Gasteiger partial charge in [0.1, 0.15) is 0 Å². The molecule has 0 atom stereocenters. The molecule has 0 N–H and O–H groups in total. The number of hydrogen-bond acceptors (Lipinski definition) is 4. The number of carbonyl (C=O) groups is 1. The average Bonchev–Trinajstić information content (AvgIpc) is 2.94. The highest BCUT2D eigenvalue weighted by Crippen LogP contribution is 2.33. The van der Waals surface area contributed by atoms with Crippen molar-refractivity contribution in [1.29, 1.82) is 0 Å². The van der Waals surface area contributed by atoms with Crippen LogP contribution in [0.15, 0.2) is 30.6 Å². The van der Waals surface area contributed by atoms with E-state index in [1.165, 1.54) is 89.2 Å². The van der Waals surface area contributed by atoms with Crippen molar-refractivity contribution < 1.29 is 13.9 Å². The van der Waals surface area contributed by atoms with E-state index in [4.69, 9.17) is 4.74 Å². The van der Waals surface area contributed by atoms with Crippen LogP contribution in [0.3, 0.4) is 0 Å². The van der Waals surface area contributed by atoms with Crippen LogP contribution >= 0.6 is 0 Å². The van der Waals surface area contributed by atoms with Crippen LogP contribution in [0.2, 0.25) is 0 Å². The van der Waals surface area contributed by atoms with E-state index in [0.29, 0.717) is 11.4 Å². The molecule has 1 aromatic carbocycles. The molecule has 38 heavy (non-hydrogen) atoms. The minimum absolute atomic E-state index is 0.00852. The maximum atomic E-state index is 14.8. The zero-order valence-electron chi connectivity index (χ0n) is 23.9. The molecule has 210 valence electrons. The van der Waals surface area contributed by atoms with Crippen molar-refractivity contribution in [1.82, 2.24) is 9.97 Å². The third kappa shape index (κ3) is 10.5. The van der Waals surface area contributed by atoms with E-state index in [9.17, 15) is 9.18 Å². The van der Waals surface area contributed by atoms with Gasteiger partial charge in [-0.15, -0.1) is 0 Å². The summed E-state index contributed by atoms with van der Waals surface area (Å²) >= 11 is 0. The van der Waals surface area contributed by atoms with Gasteiger partial charge in [-0.1, -0.05) is 90.9 Å². The second kappa shape index (κ2) is 17.3. The van der Waals surface area contributed by atoms with Crippen molar-refractivity contribution in [2.75, 3.05) is 0 Å². The Morgan fingerprint density at radius 1 is 0.842 bits per heavy atom. The van der Waals surface area contributed by atoms with Crippen molar-refractivity contribution in [2.24, 2.45) is 11.8 Å². The van der Waals surface area contributed by atoms with Gasteiger partial charge >= 0.3 is 5.97 Å². The van der Waals surface area contributed by atoms with Gasteiger partial charge in [0.2, 0.25) is 0 Å². The number of esters is 1. The quantitative estimate of drug-likeness (QED) is 0.117. The first-order valence-electron chi connectivity index (χ1n) is 15.4. The molecule has 1 aliphatic carbocycles. The standard InChI is InChI=1S/C33H49FN2O2/c1-3-5-7-8-9-10-11-12-14-16-27-24-35-32(36-25-27)29-21-22-31(30(34)23-29)38-33(37)28-19-17-26(18-20-28)15-13-6-4-2/h21-26,28H,3-20H2,1-2H3. The molecule has 0 aliphatic heterocycles. The summed E-state index contributed by atoms with van der Waals surface area (Å²) in [6, 6.07) is 4.62. The number of nitrogens with zero attached hydrogens (tertiary/aromatic N) is 2. The summed E-state index contributed by atoms with van der Waals surface area (Å²) in [6.07, 6.45) is 25.3. The van der Waals surface area contributed by atoms with Crippen LogP contribution in [0.4, 0.5) is 4.39 Å². The minimum atomic E-state index is -0.550. The van der Waals surface area contributed by atoms with Crippen molar-refractivity contribution >= 4 is 5.97 Å². The first-order valence-corrected chi connectivity index (χ1v) is 15.4. The lowest BCUT2D eigenvalue weighted by atomic mass is 9.80. The maximum Gasteiger partial charge on any atom is 0.314 e. The normalized spacial score (nSPS) is 17.4. The predicted octanol–water partition coefficient (Wildman–Crippen LogP) is 9.65. The van der Waals surface area contributed by atoms with E-state index < -0.39 is 5.82 Å². The van der Waals surface area contributed by atoms with E-state index >= 15 is 0 Å². The number of benzene rings is 1. The Morgan fingerprint density at radius 3 is 2.08 bits per heavy atom. The van der Waals surface area contributed by atoms with Gasteiger partial charge in [0.05, 0.1) is 5.92 Å². The Balaban J connectivity index is 1.39. The largest absolute Gasteiger partial charge is 0.423 e. The summed E-state index contributed by atoms with van der Waals surface area (Å²) in [5.41, 5.74) is 1.70. The number of rotatable bonds is 17. The maximum absolute atomic E-state index is 14.8. The van der Waals surface area contributed by atoms with Crippen molar-refractivity contribution in [2.45, 2.75) is 129 Å². The van der Waals surface area contributed by atoms with Gasteiger partial charge in [-0.25, -0.2) is 14.4 Å². The molecule has 0 saturated heterocycles. The Labute approximate surface area is 230 Å². The molecule has 1 aliphatic rings. The monoisotopic (exact) mass is 524 g/mol. The van der Waals surface area contributed by atoms with Gasteiger partial charge < -0.3 is 4.74 Å². The van der Waals surface area contributed by atoms with Crippen LogP contribution in [-0.4, -0.2) is 15.9 Å². The Hall–Kier alpha value is -2.30. The minimum Gasteiger partial charge on any atom is -0.423 e. The molecular formula is C33H49FN2O2. The SMILES string of the molecule is CCCCCCCCCCCc1cnc(-c2ccc(OC(=O)C3CCC(CCCCC)CC3)c(F)c2)nc1. The van der Waals surface area contributed by atoms with E-state index in [-0.39, 0.29) is 17.6 Å². The molecule has 3 rings (SSSR count). The summed E-state index contributed by atoms with van der Waals surface area (Å²) in [5.74, 6) is 0.216. The average molecular weight is 525 g/mol. The van der Waals surface area contributed by atoms with Crippen molar-refractivity contribution in [3.05, 3.63) is 42.0 Å². The smallest absolute Gasteiger partial charge is 0.314 e. The number of hydrogen-bond donors (Lipinski definition) is 0. The second-order valence-electron chi connectivity index (χ2n) is 11.3. The number of aryl methyl sites for hydroxylation is 1. The Bertz CT molecular complexity index is 939.